The molecule has 3 N–H and O–H groups in total. The molecule has 0 radical (unpaired) electrons. The fraction of sp³-hybridized carbons (Fsp3) is 0.444. The van der Waals surface area contributed by atoms with Crippen LogP contribution in [-0.4, -0.2) is 28.1 Å². The average Bonchev–Trinajstić information content (AvgIpc) is 3.47. The van der Waals surface area contributed by atoms with Gasteiger partial charge in [0.2, 0.25) is 0 Å². The van der Waals surface area contributed by atoms with Crippen LogP contribution in [0, 0.1) is 0 Å². The molecule has 1 heterocycles. The molecular formula is C18H17F3N2O3. The minimum absolute atomic E-state index is 0.00134. The number of rotatable bonds is 4. The fourth-order valence-electron chi connectivity index (χ4n) is 3.03. The Morgan fingerprint density at radius 2 is 1.96 bits per heavy atom. The van der Waals surface area contributed by atoms with Crippen molar-refractivity contribution < 1.29 is 23.1 Å². The number of hydrogen-bond donors (Lipinski definition) is 3. The number of fused-ring (bicyclic) bond motifs is 1. The van der Waals surface area contributed by atoms with Gasteiger partial charge in [0, 0.05) is 18.0 Å². The molecule has 1 aromatic heterocycles. The summed E-state index contributed by atoms with van der Waals surface area (Å²) in [7, 11) is 0. The molecular weight excluding hydrogens is 349 g/mol. The van der Waals surface area contributed by atoms with Crippen LogP contribution in [0.2, 0.25) is 0 Å². The van der Waals surface area contributed by atoms with Crippen LogP contribution >= 0.6 is 0 Å². The number of carbonyl (C=O) groups excluding carboxylic acids is 1. The Balaban J connectivity index is 1.78. The molecule has 0 saturated heterocycles. The van der Waals surface area contributed by atoms with Gasteiger partial charge in [-0.05, 0) is 49.3 Å². The van der Waals surface area contributed by atoms with E-state index in [1.54, 1.807) is 0 Å². The van der Waals surface area contributed by atoms with Gasteiger partial charge in [0.05, 0.1) is 16.7 Å². The zero-order valence-corrected chi connectivity index (χ0v) is 13.7. The van der Waals surface area contributed by atoms with E-state index in [0.29, 0.717) is 18.4 Å². The predicted octanol–water partition coefficient (Wildman–Crippen LogP) is 2.68. The van der Waals surface area contributed by atoms with E-state index in [9.17, 15) is 27.9 Å². The molecule has 0 aliphatic heterocycles. The molecule has 4 rings (SSSR count). The number of pyridine rings is 1. The summed E-state index contributed by atoms with van der Waals surface area (Å²) in [6.07, 6.45) is -1.91. The van der Waals surface area contributed by atoms with Gasteiger partial charge >= 0.3 is 6.18 Å². The first kappa shape index (κ1) is 17.1. The molecule has 1 aromatic carbocycles. The maximum atomic E-state index is 13.5. The van der Waals surface area contributed by atoms with Gasteiger partial charge in [0.25, 0.3) is 5.91 Å². The van der Waals surface area contributed by atoms with Gasteiger partial charge in [-0.15, -0.1) is 0 Å². The summed E-state index contributed by atoms with van der Waals surface area (Å²) in [6.45, 7) is -0.00134. The van der Waals surface area contributed by atoms with Crippen molar-refractivity contribution in [3.8, 4) is 0 Å². The Morgan fingerprint density at radius 1 is 1.27 bits per heavy atom. The molecule has 26 heavy (non-hydrogen) atoms. The van der Waals surface area contributed by atoms with Crippen molar-refractivity contribution in [2.24, 2.45) is 0 Å². The van der Waals surface area contributed by atoms with E-state index in [1.165, 1.54) is 6.07 Å². The van der Waals surface area contributed by atoms with Crippen LogP contribution in [0.4, 0.5) is 13.2 Å². The number of aromatic nitrogens is 1. The van der Waals surface area contributed by atoms with Crippen LogP contribution in [0.5, 0.6) is 0 Å². The third-order valence-electron chi connectivity index (χ3n) is 4.97. The molecule has 8 heteroatoms. The smallest absolute Gasteiger partial charge is 0.388 e. The quantitative estimate of drug-likeness (QED) is 0.778. The molecule has 0 atom stereocenters. The molecule has 2 aliphatic carbocycles. The first-order valence-electron chi connectivity index (χ1n) is 8.45. The third-order valence-corrected chi connectivity index (χ3v) is 4.97. The Labute approximate surface area is 146 Å². The molecule has 138 valence electrons. The van der Waals surface area contributed by atoms with Crippen LogP contribution < -0.4 is 10.7 Å². The van der Waals surface area contributed by atoms with E-state index in [1.807, 2.05) is 0 Å². The molecule has 2 aliphatic rings. The second-order valence-electron chi connectivity index (χ2n) is 7.22. The number of aromatic amines is 1. The monoisotopic (exact) mass is 366 g/mol. The van der Waals surface area contributed by atoms with Crippen molar-refractivity contribution >= 4 is 16.8 Å². The van der Waals surface area contributed by atoms with Gasteiger partial charge in [-0.1, -0.05) is 0 Å². The predicted molar refractivity (Wildman–Crippen MR) is 88.1 cm³/mol. The lowest BCUT2D eigenvalue weighted by atomic mass is 10.0. The maximum Gasteiger partial charge on any atom is 0.418 e. The second-order valence-corrected chi connectivity index (χ2v) is 7.22. The van der Waals surface area contributed by atoms with Crippen LogP contribution in [0.25, 0.3) is 10.9 Å². The molecule has 0 bridgehead atoms. The van der Waals surface area contributed by atoms with Crippen LogP contribution in [0.1, 0.15) is 53.2 Å². The summed E-state index contributed by atoms with van der Waals surface area (Å²) in [5.74, 6) is -0.661. The van der Waals surface area contributed by atoms with E-state index in [4.69, 9.17) is 0 Å². The molecule has 0 unspecified atom stereocenters. The van der Waals surface area contributed by atoms with Gasteiger partial charge in [-0.25, -0.2) is 0 Å². The lowest BCUT2D eigenvalue weighted by molar-refractivity contribution is -0.136. The molecule has 2 fully saturated rings. The van der Waals surface area contributed by atoms with Gasteiger partial charge < -0.3 is 15.4 Å². The largest absolute Gasteiger partial charge is 0.418 e. The molecule has 0 spiro atoms. The van der Waals surface area contributed by atoms with Gasteiger partial charge in [0.1, 0.15) is 5.69 Å². The summed E-state index contributed by atoms with van der Waals surface area (Å²) in [5, 5.41) is 12.1. The van der Waals surface area contributed by atoms with Gasteiger partial charge in [-0.2, -0.15) is 13.2 Å². The average molecular weight is 366 g/mol. The highest BCUT2D eigenvalue weighted by Gasteiger charge is 2.40. The number of hydrogen-bond acceptors (Lipinski definition) is 3. The Hall–Kier alpha value is -2.35. The van der Waals surface area contributed by atoms with E-state index in [-0.39, 0.29) is 29.1 Å². The minimum atomic E-state index is -4.65. The summed E-state index contributed by atoms with van der Waals surface area (Å²) >= 11 is 0. The number of amides is 1. The number of nitrogens with one attached hydrogen (secondary N) is 2. The second kappa shape index (κ2) is 5.57. The highest BCUT2D eigenvalue weighted by molar-refractivity contribution is 5.95. The normalized spacial score (nSPS) is 18.8. The van der Waals surface area contributed by atoms with Crippen molar-refractivity contribution in [1.29, 1.82) is 0 Å². The molecule has 2 aromatic rings. The van der Waals surface area contributed by atoms with E-state index < -0.39 is 28.7 Å². The van der Waals surface area contributed by atoms with Crippen molar-refractivity contribution in [3.05, 3.63) is 45.2 Å². The fourth-order valence-corrected chi connectivity index (χ4v) is 3.03. The number of aliphatic hydroxyl groups is 1. The van der Waals surface area contributed by atoms with Crippen molar-refractivity contribution in [2.45, 2.75) is 43.4 Å². The summed E-state index contributed by atoms with van der Waals surface area (Å²) in [5.41, 5.74) is -2.65. The van der Waals surface area contributed by atoms with E-state index in [2.05, 4.69) is 10.3 Å². The topological polar surface area (TPSA) is 82.2 Å². The number of benzene rings is 1. The van der Waals surface area contributed by atoms with Crippen LogP contribution in [-0.2, 0) is 6.18 Å². The Morgan fingerprint density at radius 3 is 2.54 bits per heavy atom. The lowest BCUT2D eigenvalue weighted by Gasteiger charge is -2.14. The third kappa shape index (κ3) is 3.21. The lowest BCUT2D eigenvalue weighted by Crippen LogP contribution is -2.34. The van der Waals surface area contributed by atoms with Crippen molar-refractivity contribution in [2.75, 3.05) is 6.54 Å². The van der Waals surface area contributed by atoms with Crippen LogP contribution in [0.15, 0.2) is 23.0 Å². The summed E-state index contributed by atoms with van der Waals surface area (Å²) in [4.78, 5) is 27.0. The number of carbonyl (C=O) groups is 1. The van der Waals surface area contributed by atoms with Gasteiger partial charge in [-0.3, -0.25) is 9.59 Å². The molecule has 5 nitrogen and oxygen atoms in total. The van der Waals surface area contributed by atoms with Crippen LogP contribution in [0.3, 0.4) is 0 Å². The standard InChI is InChI=1S/C18H17F3N2O3/c19-18(20,21)12-6-10(9-1-2-9)5-11-14(24)7-13(23-15(11)12)16(25)22-8-17(26)3-4-17/h5-7,9,26H,1-4,8H2,(H,22,25)(H,23,24). The van der Waals surface area contributed by atoms with Crippen molar-refractivity contribution in [3.63, 3.8) is 0 Å². The summed E-state index contributed by atoms with van der Waals surface area (Å²) < 4.78 is 40.5. The van der Waals surface area contributed by atoms with E-state index >= 15 is 0 Å². The Bertz CT molecular complexity index is 957. The summed E-state index contributed by atoms with van der Waals surface area (Å²) in [6, 6.07) is 3.55. The number of halogens is 3. The first-order chi connectivity index (χ1) is 12.2. The SMILES string of the molecule is O=C(NCC1(O)CC1)c1cc(=O)c2cc(C3CC3)cc(C(F)(F)F)c2[nH]1. The maximum absolute atomic E-state index is 13.5. The highest BCUT2D eigenvalue weighted by Crippen LogP contribution is 2.43. The molecule has 2 saturated carbocycles. The first-order valence-corrected chi connectivity index (χ1v) is 8.45. The Kier molecular flexibility index (Phi) is 3.66. The van der Waals surface area contributed by atoms with Gasteiger partial charge in [0.15, 0.2) is 5.43 Å². The number of alkyl halides is 3. The number of H-pyrrole nitrogens is 1. The highest BCUT2D eigenvalue weighted by atomic mass is 19.4. The van der Waals surface area contributed by atoms with Crippen molar-refractivity contribution in [1.82, 2.24) is 10.3 Å². The van der Waals surface area contributed by atoms with E-state index in [0.717, 1.165) is 25.0 Å². The minimum Gasteiger partial charge on any atom is -0.388 e. The zero-order chi connectivity index (χ0) is 18.7. The zero-order valence-electron chi connectivity index (χ0n) is 13.7. The molecule has 1 amide bonds.